The summed E-state index contributed by atoms with van der Waals surface area (Å²) in [6, 6.07) is -1.13. The molecule has 0 radical (unpaired) electrons. The molecule has 0 amide bonds. The van der Waals surface area contributed by atoms with Crippen LogP contribution in [0.3, 0.4) is 0 Å². The highest BCUT2D eigenvalue weighted by Crippen LogP contribution is 2.59. The third-order valence-corrected chi connectivity index (χ3v) is 7.83. The zero-order valence-electron chi connectivity index (χ0n) is 15.4. The SMILES string of the molecule is O=S(=O)(c1ccc(C(F)(F)F)nc1)N1[C@@H](C2CC2)c2cn[nH]c2C(F)(F)[C@@H]1C1CC1. The number of pyridine rings is 1. The maximum Gasteiger partial charge on any atom is 0.433 e. The van der Waals surface area contributed by atoms with Crippen LogP contribution in [0.15, 0.2) is 29.4 Å². The Balaban J connectivity index is 1.65. The number of fused-ring (bicyclic) bond motifs is 1. The number of H-pyrrole nitrogens is 1. The second-order valence-corrected chi connectivity index (χ2v) is 9.94. The van der Waals surface area contributed by atoms with E-state index in [0.717, 1.165) is 10.4 Å². The lowest BCUT2D eigenvalue weighted by molar-refractivity contribution is -0.141. The Hall–Kier alpha value is -2.08. The van der Waals surface area contributed by atoms with Gasteiger partial charge in [0.05, 0.1) is 18.3 Å². The molecule has 2 aromatic heterocycles. The first-order valence-electron chi connectivity index (χ1n) is 9.51. The van der Waals surface area contributed by atoms with E-state index in [4.69, 9.17) is 0 Å². The van der Waals surface area contributed by atoms with Crippen molar-refractivity contribution in [2.24, 2.45) is 11.8 Å². The van der Waals surface area contributed by atoms with Crippen molar-refractivity contribution in [1.82, 2.24) is 19.5 Å². The largest absolute Gasteiger partial charge is 0.433 e. The average molecular weight is 448 g/mol. The van der Waals surface area contributed by atoms with Crippen molar-refractivity contribution in [3.8, 4) is 0 Å². The third-order valence-electron chi connectivity index (χ3n) is 5.98. The number of rotatable bonds is 4. The van der Waals surface area contributed by atoms with Gasteiger partial charge >= 0.3 is 12.1 Å². The number of aromatic nitrogens is 3. The molecule has 3 heterocycles. The van der Waals surface area contributed by atoms with Crippen molar-refractivity contribution < 1.29 is 30.4 Å². The smallest absolute Gasteiger partial charge is 0.276 e. The summed E-state index contributed by atoms with van der Waals surface area (Å²) >= 11 is 0. The maximum atomic E-state index is 15.4. The lowest BCUT2D eigenvalue weighted by atomic mass is 9.88. The lowest BCUT2D eigenvalue weighted by Crippen LogP contribution is -2.56. The standard InChI is InChI=1S/C18H17F5N4O2S/c19-17(20)15-12(8-25-26-15)14(9-1-2-9)27(16(17)10-3-4-10)30(28,29)11-5-6-13(24-7-11)18(21,22)23/h5-10,14,16H,1-4H2,(H,25,26)/t14-,16-/m0/s1. The van der Waals surface area contributed by atoms with Gasteiger partial charge in [-0.25, -0.2) is 8.42 Å². The predicted octanol–water partition coefficient (Wildman–Crippen LogP) is 3.85. The molecule has 1 N–H and O–H groups in total. The Kier molecular flexibility index (Phi) is 4.12. The lowest BCUT2D eigenvalue weighted by Gasteiger charge is -2.44. The first kappa shape index (κ1) is 19.9. The molecule has 162 valence electrons. The Morgan fingerprint density at radius 3 is 2.27 bits per heavy atom. The second kappa shape index (κ2) is 6.22. The number of sulfonamides is 1. The fraction of sp³-hybridized carbons (Fsp3) is 0.556. The topological polar surface area (TPSA) is 79.0 Å². The monoisotopic (exact) mass is 448 g/mol. The van der Waals surface area contributed by atoms with Gasteiger partial charge in [0.1, 0.15) is 16.3 Å². The molecular formula is C18H17F5N4O2S. The van der Waals surface area contributed by atoms with E-state index < -0.39 is 50.7 Å². The summed E-state index contributed by atoms with van der Waals surface area (Å²) in [7, 11) is -4.54. The van der Waals surface area contributed by atoms with Crippen LogP contribution < -0.4 is 0 Å². The summed E-state index contributed by atoms with van der Waals surface area (Å²) in [5.41, 5.74) is -1.49. The van der Waals surface area contributed by atoms with Crippen LogP contribution in [0.2, 0.25) is 0 Å². The van der Waals surface area contributed by atoms with Crippen LogP contribution in [-0.2, 0) is 22.1 Å². The van der Waals surface area contributed by atoms with Gasteiger partial charge in [0, 0.05) is 11.8 Å². The highest BCUT2D eigenvalue weighted by Gasteiger charge is 2.64. The van der Waals surface area contributed by atoms with E-state index in [1.54, 1.807) is 0 Å². The number of hydrogen-bond acceptors (Lipinski definition) is 4. The first-order valence-corrected chi connectivity index (χ1v) is 11.0. The molecule has 6 nitrogen and oxygen atoms in total. The van der Waals surface area contributed by atoms with E-state index in [9.17, 15) is 21.6 Å². The minimum Gasteiger partial charge on any atom is -0.276 e. The Morgan fingerprint density at radius 1 is 1.07 bits per heavy atom. The first-order chi connectivity index (χ1) is 14.0. The van der Waals surface area contributed by atoms with Gasteiger partial charge in [-0.3, -0.25) is 10.1 Å². The van der Waals surface area contributed by atoms with Gasteiger partial charge < -0.3 is 0 Å². The highest BCUT2D eigenvalue weighted by atomic mass is 32.2. The van der Waals surface area contributed by atoms with Gasteiger partial charge in [0.15, 0.2) is 0 Å². The molecule has 0 saturated heterocycles. The highest BCUT2D eigenvalue weighted by molar-refractivity contribution is 7.89. The molecule has 12 heteroatoms. The van der Waals surface area contributed by atoms with E-state index in [2.05, 4.69) is 15.2 Å². The minimum atomic E-state index is -4.74. The van der Waals surface area contributed by atoms with E-state index in [0.29, 0.717) is 37.9 Å². The van der Waals surface area contributed by atoms with E-state index in [1.165, 1.54) is 6.20 Å². The number of halogens is 5. The molecule has 0 unspecified atom stereocenters. The Bertz CT molecular complexity index is 1070. The molecule has 0 aromatic carbocycles. The molecule has 1 aliphatic heterocycles. The van der Waals surface area contributed by atoms with E-state index >= 15 is 8.78 Å². The van der Waals surface area contributed by atoms with Crippen LogP contribution in [0.4, 0.5) is 22.0 Å². The molecular weight excluding hydrogens is 431 g/mol. The molecule has 0 spiro atoms. The number of hydrogen-bond donors (Lipinski definition) is 1. The van der Waals surface area contributed by atoms with Crippen LogP contribution in [-0.4, -0.2) is 33.9 Å². The van der Waals surface area contributed by atoms with Crippen LogP contribution in [0.25, 0.3) is 0 Å². The molecule has 3 aliphatic rings. The Morgan fingerprint density at radius 2 is 1.73 bits per heavy atom. The minimum absolute atomic E-state index is 0.128. The zero-order chi connectivity index (χ0) is 21.5. The zero-order valence-corrected chi connectivity index (χ0v) is 16.2. The summed E-state index contributed by atoms with van der Waals surface area (Å²) in [5, 5.41) is 6.09. The van der Waals surface area contributed by atoms with Gasteiger partial charge in [-0.05, 0) is 49.7 Å². The number of nitrogens with zero attached hydrogens (tertiary/aromatic N) is 3. The van der Waals surface area contributed by atoms with Crippen molar-refractivity contribution in [3.05, 3.63) is 41.5 Å². The van der Waals surface area contributed by atoms with Crippen molar-refractivity contribution in [2.45, 2.75) is 54.8 Å². The molecule has 30 heavy (non-hydrogen) atoms. The number of alkyl halides is 5. The number of aromatic amines is 1. The van der Waals surface area contributed by atoms with Gasteiger partial charge in [-0.1, -0.05) is 0 Å². The fourth-order valence-electron chi connectivity index (χ4n) is 4.32. The molecule has 0 bridgehead atoms. The van der Waals surface area contributed by atoms with Crippen LogP contribution in [0.5, 0.6) is 0 Å². The molecule has 2 saturated carbocycles. The Labute approximate surface area is 168 Å². The third kappa shape index (κ3) is 2.95. The summed E-state index contributed by atoms with van der Waals surface area (Å²) in [6.07, 6.45) is -0.654. The number of nitrogens with one attached hydrogen (secondary N) is 1. The normalized spacial score (nSPS) is 27.1. The van der Waals surface area contributed by atoms with Crippen molar-refractivity contribution in [3.63, 3.8) is 0 Å². The summed E-state index contributed by atoms with van der Waals surface area (Å²) in [6.45, 7) is 0. The molecule has 2 atom stereocenters. The van der Waals surface area contributed by atoms with Crippen molar-refractivity contribution >= 4 is 10.0 Å². The fourth-order valence-corrected chi connectivity index (χ4v) is 6.17. The molecule has 2 fully saturated rings. The molecule has 2 aromatic rings. The van der Waals surface area contributed by atoms with Crippen LogP contribution in [0, 0.1) is 11.8 Å². The summed E-state index contributed by atoms with van der Waals surface area (Å²) in [4.78, 5) is 2.68. The van der Waals surface area contributed by atoms with Gasteiger partial charge in [0.2, 0.25) is 10.0 Å². The quantitative estimate of drug-likeness (QED) is 0.721. The predicted molar refractivity (Wildman–Crippen MR) is 92.7 cm³/mol. The van der Waals surface area contributed by atoms with E-state index in [-0.39, 0.29) is 17.2 Å². The van der Waals surface area contributed by atoms with Crippen LogP contribution in [0.1, 0.15) is 48.7 Å². The van der Waals surface area contributed by atoms with E-state index in [1.807, 2.05) is 0 Å². The van der Waals surface area contributed by atoms with Gasteiger partial charge in [-0.15, -0.1) is 0 Å². The van der Waals surface area contributed by atoms with Crippen molar-refractivity contribution in [1.29, 1.82) is 0 Å². The molecule has 5 rings (SSSR count). The van der Waals surface area contributed by atoms with Crippen molar-refractivity contribution in [2.75, 3.05) is 0 Å². The maximum absolute atomic E-state index is 15.4. The molecule has 2 aliphatic carbocycles. The van der Waals surface area contributed by atoms with Gasteiger partial charge in [-0.2, -0.15) is 31.4 Å². The summed E-state index contributed by atoms with van der Waals surface area (Å²) < 4.78 is 97.1. The van der Waals surface area contributed by atoms with Gasteiger partial charge in [0.25, 0.3) is 0 Å². The second-order valence-electron chi connectivity index (χ2n) is 8.10. The average Bonchev–Trinajstić information content (AvgIpc) is 3.59. The summed E-state index contributed by atoms with van der Waals surface area (Å²) in [5.74, 6) is -4.17. The van der Waals surface area contributed by atoms with Crippen LogP contribution >= 0.6 is 0 Å².